The number of nitrogens with zero attached hydrogens (tertiary/aromatic N) is 1. The van der Waals surface area contributed by atoms with Gasteiger partial charge in [-0.25, -0.2) is 4.79 Å². The molecule has 0 aromatic heterocycles. The Balaban J connectivity index is 3.45. The van der Waals surface area contributed by atoms with Gasteiger partial charge in [0, 0.05) is 13.0 Å². The first kappa shape index (κ1) is 67.4. The van der Waals surface area contributed by atoms with Crippen LogP contribution >= 0.6 is 11.8 Å². The van der Waals surface area contributed by atoms with Crippen LogP contribution in [0.3, 0.4) is 0 Å². The number of carbonyl (C=O) groups is 13. The summed E-state index contributed by atoms with van der Waals surface area (Å²) in [7, 11) is 0. The van der Waals surface area contributed by atoms with Gasteiger partial charge in [-0.05, 0) is 83.1 Å². The van der Waals surface area contributed by atoms with Gasteiger partial charge in [0.15, 0.2) is 0 Å². The molecule has 1 fully saturated rings. The molecular weight excluding hydrogens is 1020 g/mol. The number of amides is 11. The second-order valence-corrected chi connectivity index (χ2v) is 20.4. The molecule has 0 saturated carbocycles. The van der Waals surface area contributed by atoms with Crippen molar-refractivity contribution >= 4 is 88.7 Å². The summed E-state index contributed by atoms with van der Waals surface area (Å²) in [5.74, 6) is -14.7. The van der Waals surface area contributed by atoms with Crippen molar-refractivity contribution in [1.29, 1.82) is 0 Å². The Labute approximate surface area is 444 Å². The zero-order chi connectivity index (χ0) is 58.3. The van der Waals surface area contributed by atoms with Crippen molar-refractivity contribution < 1.29 is 82.8 Å². The molecule has 76 heavy (non-hydrogen) atoms. The SMILES string of the molecule is CSCC[C@H](NC(=O)[C@@H](NC(=O)[C@H](CC(N)=O)NC(=O)[C@H](CC(C)C)NC(=O)[C@H](CC(=O)O)NC(=O)[C@H](CCC(N)=O)NC(=O)[C@@H]1CCCN1C(=O)[C@@H](NC(=O)[C@H](C)N)[C@@H](C)O)[C@@H](C)O)C(=O)N[C@@H](CC(C)C)C(=O)O. The maximum absolute atomic E-state index is 14.0. The molecule has 0 spiro atoms. The lowest BCUT2D eigenvalue weighted by Crippen LogP contribution is -2.62. The first-order chi connectivity index (χ1) is 35.3. The predicted molar refractivity (Wildman–Crippen MR) is 271 cm³/mol. The van der Waals surface area contributed by atoms with E-state index >= 15 is 0 Å². The number of nitrogens with two attached hydrogens (primary N) is 3. The Morgan fingerprint density at radius 2 is 1.00 bits per heavy atom. The van der Waals surface area contributed by atoms with Crippen LogP contribution in [-0.4, -0.2) is 193 Å². The Bertz CT molecular complexity index is 2090. The third-order valence-corrected chi connectivity index (χ3v) is 12.3. The van der Waals surface area contributed by atoms with Crippen molar-refractivity contribution in [2.45, 2.75) is 179 Å². The first-order valence-electron chi connectivity index (χ1n) is 24.7. The Hall–Kier alpha value is -6.66. The minimum Gasteiger partial charge on any atom is -0.481 e. The van der Waals surface area contributed by atoms with Crippen LogP contribution < -0.4 is 59.7 Å². The summed E-state index contributed by atoms with van der Waals surface area (Å²) in [6, 6.07) is -15.6. The third-order valence-electron chi connectivity index (χ3n) is 11.6. The van der Waals surface area contributed by atoms with Crippen molar-refractivity contribution in [3.05, 3.63) is 0 Å². The lowest BCUT2D eigenvalue weighted by atomic mass is 10.0. The summed E-state index contributed by atoms with van der Waals surface area (Å²) in [6.07, 6.45) is -4.27. The molecule has 30 heteroatoms. The second kappa shape index (κ2) is 32.7. The van der Waals surface area contributed by atoms with E-state index in [1.165, 1.54) is 25.6 Å². The summed E-state index contributed by atoms with van der Waals surface area (Å²) in [5, 5.41) is 59.0. The molecule has 12 atom stereocenters. The van der Waals surface area contributed by atoms with Crippen molar-refractivity contribution in [3.63, 3.8) is 0 Å². The maximum atomic E-state index is 14.0. The van der Waals surface area contributed by atoms with Crippen LogP contribution in [0, 0.1) is 11.8 Å². The molecule has 0 aliphatic carbocycles. The van der Waals surface area contributed by atoms with E-state index in [0.717, 1.165) is 11.8 Å². The molecule has 11 amide bonds. The smallest absolute Gasteiger partial charge is 0.326 e. The first-order valence-corrected chi connectivity index (χ1v) is 26.1. The number of carbonyl (C=O) groups excluding carboxylic acids is 11. The fraction of sp³-hybridized carbons (Fsp3) is 0.717. The van der Waals surface area contributed by atoms with Gasteiger partial charge in [0.05, 0.1) is 31.1 Å². The molecule has 1 saturated heterocycles. The number of aliphatic hydroxyl groups is 2. The van der Waals surface area contributed by atoms with Gasteiger partial charge in [0.25, 0.3) is 0 Å². The van der Waals surface area contributed by atoms with Gasteiger partial charge in [-0.2, -0.15) is 11.8 Å². The van der Waals surface area contributed by atoms with Gasteiger partial charge in [0.1, 0.15) is 54.4 Å². The fourth-order valence-corrected chi connectivity index (χ4v) is 8.15. The third kappa shape index (κ3) is 23.5. The second-order valence-electron chi connectivity index (χ2n) is 19.5. The molecule has 18 N–H and O–H groups in total. The van der Waals surface area contributed by atoms with Crippen molar-refractivity contribution in [3.8, 4) is 0 Å². The van der Waals surface area contributed by atoms with Crippen molar-refractivity contribution in [1.82, 2.24) is 47.4 Å². The van der Waals surface area contributed by atoms with E-state index < -0.39 is 181 Å². The highest BCUT2D eigenvalue weighted by molar-refractivity contribution is 7.98. The monoisotopic (exact) mass is 1100 g/mol. The highest BCUT2D eigenvalue weighted by Gasteiger charge is 2.42. The van der Waals surface area contributed by atoms with Gasteiger partial charge in [-0.3, -0.25) is 57.5 Å². The number of carboxylic acids is 2. The molecule has 0 aromatic rings. The number of likely N-dealkylation sites (tertiary alicyclic amines) is 1. The minimum absolute atomic E-state index is 0.00509. The Morgan fingerprint density at radius 3 is 1.47 bits per heavy atom. The number of carboxylic acid groups (broad SMARTS) is 2. The molecule has 0 bridgehead atoms. The van der Waals surface area contributed by atoms with E-state index in [9.17, 15) is 82.8 Å². The topological polar surface area (TPSA) is 480 Å². The number of hydrogen-bond acceptors (Lipinski definition) is 17. The number of rotatable bonds is 34. The normalized spacial score (nSPS) is 17.6. The van der Waals surface area contributed by atoms with Gasteiger partial charge >= 0.3 is 11.9 Å². The Morgan fingerprint density at radius 1 is 0.553 bits per heavy atom. The summed E-state index contributed by atoms with van der Waals surface area (Å²) in [6.45, 7) is 10.4. The van der Waals surface area contributed by atoms with Crippen LogP contribution in [0.25, 0.3) is 0 Å². The fourth-order valence-electron chi connectivity index (χ4n) is 7.68. The number of nitrogens with one attached hydrogen (secondary N) is 8. The molecule has 29 nitrogen and oxygen atoms in total. The van der Waals surface area contributed by atoms with Crippen molar-refractivity contribution in [2.24, 2.45) is 29.0 Å². The van der Waals surface area contributed by atoms with Crippen LogP contribution in [0.5, 0.6) is 0 Å². The largest absolute Gasteiger partial charge is 0.481 e. The Kier molecular flexibility index (Phi) is 29.0. The predicted octanol–water partition coefficient (Wildman–Crippen LogP) is -5.49. The molecular formula is C46H78N12O17S. The van der Waals surface area contributed by atoms with Crippen LogP contribution in [-0.2, 0) is 62.3 Å². The maximum Gasteiger partial charge on any atom is 0.326 e. The highest BCUT2D eigenvalue weighted by atomic mass is 32.2. The van der Waals surface area contributed by atoms with Crippen LogP contribution in [0.15, 0.2) is 0 Å². The molecule has 0 unspecified atom stereocenters. The number of aliphatic hydroxyl groups excluding tert-OH is 2. The van der Waals surface area contributed by atoms with E-state index in [-0.39, 0.29) is 44.6 Å². The molecule has 0 aromatic carbocycles. The van der Waals surface area contributed by atoms with Crippen LogP contribution in [0.1, 0.15) is 106 Å². The number of aliphatic carboxylic acids is 2. The summed E-state index contributed by atoms with van der Waals surface area (Å²) >= 11 is 1.30. The van der Waals surface area contributed by atoms with E-state index in [1.54, 1.807) is 34.0 Å². The summed E-state index contributed by atoms with van der Waals surface area (Å²) < 4.78 is 0. The highest BCUT2D eigenvalue weighted by Crippen LogP contribution is 2.20. The van der Waals surface area contributed by atoms with Gasteiger partial charge in [-0.15, -0.1) is 0 Å². The molecule has 430 valence electrons. The minimum atomic E-state index is -1.99. The summed E-state index contributed by atoms with van der Waals surface area (Å²) in [4.78, 5) is 171. The number of hydrogen-bond donors (Lipinski definition) is 15. The van der Waals surface area contributed by atoms with E-state index in [4.69, 9.17) is 17.2 Å². The van der Waals surface area contributed by atoms with Crippen LogP contribution in [0.2, 0.25) is 0 Å². The van der Waals surface area contributed by atoms with Crippen LogP contribution in [0.4, 0.5) is 0 Å². The molecule has 1 heterocycles. The van der Waals surface area contributed by atoms with Gasteiger partial charge in [0.2, 0.25) is 65.0 Å². The molecule has 1 aliphatic heterocycles. The molecule has 0 radical (unpaired) electrons. The van der Waals surface area contributed by atoms with Crippen molar-refractivity contribution in [2.75, 3.05) is 18.6 Å². The number of thioether (sulfide) groups is 1. The average molecular weight is 1100 g/mol. The lowest BCUT2D eigenvalue weighted by Gasteiger charge is -2.31. The standard InChI is InChI=1S/C46H78N12O17S/c1-20(2)16-27(40(68)53-28(18-33(49)62)42(70)56-35(23(6)59)44(72)51-26(13-15-76-8)39(67)55-30(46(74)75)17-21(3)4)52-41(69)29(19-34(63)64)54-38(66)25(11-12-32(48)61)50-43(71)31-10-9-14-58(31)45(73)36(24(7)60)57-37(65)22(5)47/h20-31,35-36,59-60H,9-19,47H2,1-8H3,(H2,48,61)(H2,49,62)(H,50,71)(H,51,72)(H,52,69)(H,53,68)(H,54,66)(H,55,67)(H,56,70)(H,57,65)(H,63,64)(H,74,75)/t22-,23+,24+,25-,26-,27-,28-,29-,30-,31-,35-,36-/m0/s1. The zero-order valence-electron chi connectivity index (χ0n) is 44.0. The average Bonchev–Trinajstić information content (AvgIpc) is 3.80. The van der Waals surface area contributed by atoms with E-state index in [1.807, 2.05) is 0 Å². The van der Waals surface area contributed by atoms with Gasteiger partial charge < -0.3 is 85.1 Å². The van der Waals surface area contributed by atoms with Gasteiger partial charge in [-0.1, -0.05) is 27.7 Å². The van der Waals surface area contributed by atoms with E-state index in [2.05, 4.69) is 42.5 Å². The number of primary amides is 2. The quantitative estimate of drug-likeness (QED) is 0.0286. The molecule has 1 aliphatic rings. The molecule has 1 rings (SSSR count). The summed E-state index contributed by atoms with van der Waals surface area (Å²) in [5.41, 5.74) is 16.3. The van der Waals surface area contributed by atoms with E-state index in [0.29, 0.717) is 5.75 Å². The lowest BCUT2D eigenvalue weighted by molar-refractivity contribution is -0.144. The zero-order valence-corrected chi connectivity index (χ0v) is 44.9.